The van der Waals surface area contributed by atoms with Crippen LogP contribution in [-0.2, 0) is 4.74 Å². The van der Waals surface area contributed by atoms with E-state index in [9.17, 15) is 0 Å². The molecule has 0 fully saturated rings. The highest BCUT2D eigenvalue weighted by Gasteiger charge is 2.23. The van der Waals surface area contributed by atoms with Gasteiger partial charge >= 0.3 is 0 Å². The SMILES string of the molecule is CCCCC(C)C(C)(C)OC. The molecule has 0 aliphatic carbocycles. The third kappa shape index (κ3) is 3.76. The van der Waals surface area contributed by atoms with Crippen LogP contribution in [-0.4, -0.2) is 12.7 Å². The maximum atomic E-state index is 5.40. The topological polar surface area (TPSA) is 9.23 Å². The first-order valence-corrected chi connectivity index (χ1v) is 4.59. The Morgan fingerprint density at radius 3 is 2.27 bits per heavy atom. The number of ether oxygens (including phenoxy) is 1. The van der Waals surface area contributed by atoms with Crippen LogP contribution in [0.3, 0.4) is 0 Å². The van der Waals surface area contributed by atoms with E-state index in [4.69, 9.17) is 4.74 Å². The number of unbranched alkanes of at least 4 members (excludes halogenated alkanes) is 1. The fourth-order valence-electron chi connectivity index (χ4n) is 1.06. The molecule has 1 atom stereocenters. The molecule has 0 spiro atoms. The monoisotopic (exact) mass is 158 g/mol. The highest BCUT2D eigenvalue weighted by Crippen LogP contribution is 2.24. The Morgan fingerprint density at radius 1 is 1.36 bits per heavy atom. The van der Waals surface area contributed by atoms with Crippen molar-refractivity contribution in [3.63, 3.8) is 0 Å². The minimum absolute atomic E-state index is 0.0508. The van der Waals surface area contributed by atoms with Gasteiger partial charge in [-0.15, -0.1) is 0 Å². The summed E-state index contributed by atoms with van der Waals surface area (Å²) in [4.78, 5) is 0. The average molecular weight is 158 g/mol. The normalized spacial score (nSPS) is 15.0. The summed E-state index contributed by atoms with van der Waals surface area (Å²) in [7, 11) is 1.79. The van der Waals surface area contributed by atoms with Gasteiger partial charge in [0.05, 0.1) is 5.60 Å². The van der Waals surface area contributed by atoms with E-state index in [2.05, 4.69) is 27.7 Å². The van der Waals surface area contributed by atoms with Gasteiger partial charge in [0.15, 0.2) is 0 Å². The van der Waals surface area contributed by atoms with Crippen molar-refractivity contribution in [1.29, 1.82) is 0 Å². The molecule has 0 saturated carbocycles. The largest absolute Gasteiger partial charge is 0.379 e. The molecule has 1 heteroatoms. The van der Waals surface area contributed by atoms with Gasteiger partial charge in [0.1, 0.15) is 0 Å². The van der Waals surface area contributed by atoms with Gasteiger partial charge in [0.2, 0.25) is 0 Å². The first kappa shape index (κ1) is 11.0. The number of rotatable bonds is 5. The highest BCUT2D eigenvalue weighted by atomic mass is 16.5. The molecule has 0 aromatic carbocycles. The first-order chi connectivity index (χ1) is 5.04. The molecule has 0 N–H and O–H groups in total. The van der Waals surface area contributed by atoms with Gasteiger partial charge < -0.3 is 4.74 Å². The second kappa shape index (κ2) is 4.76. The van der Waals surface area contributed by atoms with Gasteiger partial charge in [-0.2, -0.15) is 0 Å². The van der Waals surface area contributed by atoms with E-state index in [1.54, 1.807) is 7.11 Å². The third-order valence-electron chi connectivity index (χ3n) is 2.70. The minimum atomic E-state index is 0.0508. The van der Waals surface area contributed by atoms with Crippen molar-refractivity contribution in [3.8, 4) is 0 Å². The molecule has 1 nitrogen and oxygen atoms in total. The summed E-state index contributed by atoms with van der Waals surface area (Å²) in [6, 6.07) is 0. The van der Waals surface area contributed by atoms with E-state index in [1.165, 1.54) is 19.3 Å². The number of hydrogen-bond donors (Lipinski definition) is 0. The molecular formula is C10H22O. The summed E-state index contributed by atoms with van der Waals surface area (Å²) in [5, 5.41) is 0. The standard InChI is InChI=1S/C10H22O/c1-6-7-8-9(2)10(3,4)11-5/h9H,6-8H2,1-5H3. The van der Waals surface area contributed by atoms with Crippen molar-refractivity contribution in [1.82, 2.24) is 0 Å². The summed E-state index contributed by atoms with van der Waals surface area (Å²) >= 11 is 0. The average Bonchev–Trinajstić information content (AvgIpc) is 2.00. The van der Waals surface area contributed by atoms with Gasteiger partial charge in [-0.25, -0.2) is 0 Å². The van der Waals surface area contributed by atoms with E-state index in [0.29, 0.717) is 5.92 Å². The van der Waals surface area contributed by atoms with Crippen molar-refractivity contribution in [3.05, 3.63) is 0 Å². The Morgan fingerprint density at radius 2 is 1.91 bits per heavy atom. The Bertz CT molecular complexity index is 97.0. The Hall–Kier alpha value is -0.0400. The zero-order valence-corrected chi connectivity index (χ0v) is 8.61. The van der Waals surface area contributed by atoms with Gasteiger partial charge in [0, 0.05) is 7.11 Å². The fraction of sp³-hybridized carbons (Fsp3) is 1.00. The maximum Gasteiger partial charge on any atom is 0.0648 e. The molecule has 0 heterocycles. The van der Waals surface area contributed by atoms with Crippen LogP contribution < -0.4 is 0 Å². The molecule has 0 radical (unpaired) electrons. The molecule has 0 bridgehead atoms. The zero-order chi connectivity index (χ0) is 8.91. The Balaban J connectivity index is 3.71. The van der Waals surface area contributed by atoms with Crippen LogP contribution in [0.2, 0.25) is 0 Å². The smallest absolute Gasteiger partial charge is 0.0648 e. The van der Waals surface area contributed by atoms with E-state index < -0.39 is 0 Å². The minimum Gasteiger partial charge on any atom is -0.379 e. The van der Waals surface area contributed by atoms with E-state index in [-0.39, 0.29) is 5.60 Å². The highest BCUT2D eigenvalue weighted by molar-refractivity contribution is 4.75. The maximum absolute atomic E-state index is 5.40. The van der Waals surface area contributed by atoms with Crippen molar-refractivity contribution in [2.24, 2.45) is 5.92 Å². The zero-order valence-electron chi connectivity index (χ0n) is 8.61. The van der Waals surface area contributed by atoms with Crippen LogP contribution in [0.5, 0.6) is 0 Å². The molecule has 0 aromatic heterocycles. The molecule has 0 amide bonds. The van der Waals surface area contributed by atoms with E-state index in [1.807, 2.05) is 0 Å². The van der Waals surface area contributed by atoms with Gasteiger partial charge in [-0.3, -0.25) is 0 Å². The molecule has 11 heavy (non-hydrogen) atoms. The van der Waals surface area contributed by atoms with Crippen molar-refractivity contribution < 1.29 is 4.74 Å². The Labute approximate surface area is 71.1 Å². The molecule has 1 unspecified atom stereocenters. The summed E-state index contributed by atoms with van der Waals surface area (Å²) in [5.74, 6) is 0.660. The first-order valence-electron chi connectivity index (χ1n) is 4.59. The molecule has 0 aliphatic heterocycles. The lowest BCUT2D eigenvalue weighted by molar-refractivity contribution is -0.0250. The van der Waals surface area contributed by atoms with Gasteiger partial charge in [-0.05, 0) is 26.2 Å². The quantitative estimate of drug-likeness (QED) is 0.597. The predicted molar refractivity (Wildman–Crippen MR) is 49.8 cm³/mol. The third-order valence-corrected chi connectivity index (χ3v) is 2.70. The summed E-state index contributed by atoms with van der Waals surface area (Å²) in [6.07, 6.45) is 3.87. The van der Waals surface area contributed by atoms with Gasteiger partial charge in [-0.1, -0.05) is 26.7 Å². The van der Waals surface area contributed by atoms with Crippen LogP contribution in [0.15, 0.2) is 0 Å². The molecule has 0 aromatic rings. The summed E-state index contributed by atoms with van der Waals surface area (Å²) in [5.41, 5.74) is 0.0508. The second-order valence-electron chi connectivity index (χ2n) is 3.85. The van der Waals surface area contributed by atoms with Crippen LogP contribution in [0.25, 0.3) is 0 Å². The molecule has 68 valence electrons. The molecular weight excluding hydrogens is 136 g/mol. The molecule has 0 aliphatic rings. The van der Waals surface area contributed by atoms with Crippen LogP contribution in [0.4, 0.5) is 0 Å². The second-order valence-corrected chi connectivity index (χ2v) is 3.85. The number of methoxy groups -OCH3 is 1. The lowest BCUT2D eigenvalue weighted by Gasteiger charge is -2.30. The predicted octanol–water partition coefficient (Wildman–Crippen LogP) is 3.24. The number of hydrogen-bond acceptors (Lipinski definition) is 1. The lowest BCUT2D eigenvalue weighted by atomic mass is 9.88. The lowest BCUT2D eigenvalue weighted by Crippen LogP contribution is -2.31. The van der Waals surface area contributed by atoms with Gasteiger partial charge in [0.25, 0.3) is 0 Å². The fourth-order valence-corrected chi connectivity index (χ4v) is 1.06. The van der Waals surface area contributed by atoms with E-state index in [0.717, 1.165) is 0 Å². The molecule has 0 saturated heterocycles. The molecule has 0 rings (SSSR count). The van der Waals surface area contributed by atoms with Crippen LogP contribution in [0.1, 0.15) is 47.0 Å². The van der Waals surface area contributed by atoms with Crippen LogP contribution >= 0.6 is 0 Å². The van der Waals surface area contributed by atoms with Crippen molar-refractivity contribution in [2.75, 3.05) is 7.11 Å². The summed E-state index contributed by atoms with van der Waals surface area (Å²) in [6.45, 7) is 8.81. The Kier molecular flexibility index (Phi) is 4.74. The van der Waals surface area contributed by atoms with Crippen LogP contribution in [0, 0.1) is 5.92 Å². The van der Waals surface area contributed by atoms with E-state index >= 15 is 0 Å². The summed E-state index contributed by atoms with van der Waals surface area (Å²) < 4.78 is 5.40. The van der Waals surface area contributed by atoms with Crippen molar-refractivity contribution >= 4 is 0 Å². The van der Waals surface area contributed by atoms with Crippen molar-refractivity contribution in [2.45, 2.75) is 52.6 Å².